The number of nitrogens with zero attached hydrogens (tertiary/aromatic N) is 1. The lowest BCUT2D eigenvalue weighted by Gasteiger charge is -2.26. The number of allylic oxidation sites excluding steroid dienone is 1. The van der Waals surface area contributed by atoms with Crippen molar-refractivity contribution < 1.29 is 31.7 Å². The van der Waals surface area contributed by atoms with Crippen molar-refractivity contribution in [1.82, 2.24) is 20.3 Å². The summed E-state index contributed by atoms with van der Waals surface area (Å²) < 4.78 is 46.8. The van der Waals surface area contributed by atoms with E-state index in [2.05, 4.69) is 20.3 Å². The number of hydrogen-bond acceptors (Lipinski definition) is 8. The van der Waals surface area contributed by atoms with Crippen molar-refractivity contribution in [3.05, 3.63) is 83.7 Å². The molecule has 0 saturated carbocycles. The fraction of sp³-hybridized carbons (Fsp3) is 0.382. The van der Waals surface area contributed by atoms with Crippen LogP contribution in [0, 0.1) is 12.8 Å². The second kappa shape index (κ2) is 16.3. The van der Waals surface area contributed by atoms with Crippen molar-refractivity contribution in [2.75, 3.05) is 6.26 Å². The first-order chi connectivity index (χ1) is 22.6. The van der Waals surface area contributed by atoms with E-state index in [1.165, 1.54) is 18.4 Å². The minimum Gasteiger partial charge on any atom is -0.460 e. The number of amides is 2. The summed E-state index contributed by atoms with van der Waals surface area (Å²) in [7, 11) is -7.34. The molecule has 0 radical (unpaired) electrons. The predicted octanol–water partition coefficient (Wildman–Crippen LogP) is 3.46. The van der Waals surface area contributed by atoms with E-state index in [0.29, 0.717) is 11.2 Å². The Bertz CT molecular complexity index is 1960. The number of rotatable bonds is 13. The number of aromatic nitrogens is 1. The lowest BCUT2D eigenvalue weighted by atomic mass is 10.0. The normalized spacial score (nSPS) is 14.9. The number of sulfonamides is 1. The molecule has 2 amide bonds. The predicted molar refractivity (Wildman–Crippen MR) is 193 cm³/mol. The molecule has 12 nitrogen and oxygen atoms in total. The van der Waals surface area contributed by atoms with Crippen molar-refractivity contribution in [2.45, 2.75) is 77.0 Å². The van der Waals surface area contributed by atoms with E-state index >= 15 is 0 Å². The summed E-state index contributed by atoms with van der Waals surface area (Å²) in [5.74, 6) is -2.75. The Morgan fingerprint density at radius 3 is 2.20 bits per heavy atom. The zero-order chi connectivity index (χ0) is 36.7. The molecule has 1 aromatic heterocycles. The van der Waals surface area contributed by atoms with Crippen LogP contribution in [0.15, 0.2) is 77.3 Å². The second-order valence-electron chi connectivity index (χ2n) is 13.0. The highest BCUT2D eigenvalue weighted by atomic mass is 35.5. The van der Waals surface area contributed by atoms with Crippen LogP contribution in [0.5, 0.6) is 0 Å². The van der Waals surface area contributed by atoms with Gasteiger partial charge in [0.1, 0.15) is 22.0 Å². The van der Waals surface area contributed by atoms with Crippen molar-refractivity contribution >= 4 is 64.3 Å². The Morgan fingerprint density at radius 2 is 1.61 bits per heavy atom. The Morgan fingerprint density at radius 1 is 0.980 bits per heavy atom. The summed E-state index contributed by atoms with van der Waals surface area (Å²) in [4.78, 5) is 44.8. The van der Waals surface area contributed by atoms with Gasteiger partial charge in [-0.3, -0.25) is 28.7 Å². The van der Waals surface area contributed by atoms with Gasteiger partial charge in [-0.05, 0) is 64.0 Å². The molecule has 3 atom stereocenters. The largest absolute Gasteiger partial charge is 0.460 e. The van der Waals surface area contributed by atoms with Gasteiger partial charge in [0.05, 0.1) is 16.8 Å². The lowest BCUT2D eigenvalue weighted by Crippen LogP contribution is -2.56. The molecule has 3 aromatic rings. The Kier molecular flexibility index (Phi) is 13.1. The minimum absolute atomic E-state index is 0.0435. The van der Waals surface area contributed by atoms with E-state index in [0.717, 1.165) is 17.0 Å². The zero-order valence-corrected chi connectivity index (χ0v) is 31.0. The van der Waals surface area contributed by atoms with Gasteiger partial charge in [0, 0.05) is 39.2 Å². The van der Waals surface area contributed by atoms with E-state index in [9.17, 15) is 27.0 Å². The molecule has 266 valence electrons. The van der Waals surface area contributed by atoms with Gasteiger partial charge in [0.2, 0.25) is 21.8 Å². The summed E-state index contributed by atoms with van der Waals surface area (Å²) in [6, 6.07) is 14.4. The fourth-order valence-corrected chi connectivity index (χ4v) is 6.24. The van der Waals surface area contributed by atoms with Gasteiger partial charge in [-0.1, -0.05) is 67.4 Å². The summed E-state index contributed by atoms with van der Waals surface area (Å²) in [6.45, 7) is 10.2. The van der Waals surface area contributed by atoms with Crippen molar-refractivity contribution in [3.8, 4) is 0 Å². The topological polar surface area (TPSA) is 187 Å². The summed E-state index contributed by atoms with van der Waals surface area (Å²) in [6.07, 6.45) is 1.72. The molecule has 5 N–H and O–H groups in total. The highest BCUT2D eigenvalue weighted by Gasteiger charge is 2.32. The number of pyridine rings is 1. The molecular formula is C34H44ClN5O7S2. The van der Waals surface area contributed by atoms with Gasteiger partial charge in [0.25, 0.3) is 0 Å². The molecular weight excluding hydrogens is 690 g/mol. The third-order valence-corrected chi connectivity index (χ3v) is 10.4. The average Bonchev–Trinajstić information content (AvgIpc) is 2.97. The van der Waals surface area contributed by atoms with Crippen LogP contribution in [-0.4, -0.2) is 63.7 Å². The van der Waals surface area contributed by atoms with Crippen LogP contribution in [0.3, 0.4) is 0 Å². The van der Waals surface area contributed by atoms with Gasteiger partial charge in [0.15, 0.2) is 0 Å². The number of nitrogens with two attached hydrogens (primary N) is 1. The number of fused-ring (bicyclic) bond motifs is 1. The monoisotopic (exact) mass is 733 g/mol. The van der Waals surface area contributed by atoms with E-state index in [1.807, 2.05) is 31.2 Å². The third-order valence-electron chi connectivity index (χ3n) is 6.97. The second-order valence-corrected chi connectivity index (χ2v) is 17.6. The van der Waals surface area contributed by atoms with Crippen LogP contribution >= 0.6 is 11.6 Å². The highest BCUT2D eigenvalue weighted by Crippen LogP contribution is 2.17. The quantitative estimate of drug-likeness (QED) is 0.0890. The first-order valence-electron chi connectivity index (χ1n) is 15.4. The van der Waals surface area contributed by atoms with Crippen molar-refractivity contribution in [3.63, 3.8) is 0 Å². The Balaban J connectivity index is 1.95. The number of nitrogens with one attached hydrogen (secondary N) is 3. The van der Waals surface area contributed by atoms with E-state index in [-0.39, 0.29) is 21.3 Å². The van der Waals surface area contributed by atoms with Gasteiger partial charge >= 0.3 is 5.97 Å². The number of hydrogen-bond donors (Lipinski definition) is 4. The first kappa shape index (κ1) is 39.6. The van der Waals surface area contributed by atoms with Gasteiger partial charge < -0.3 is 15.4 Å². The maximum Gasteiger partial charge on any atom is 0.312 e. The zero-order valence-electron chi connectivity index (χ0n) is 28.6. The molecule has 0 bridgehead atoms. The SMILES string of the molecule is Cc1ccc(S(=O)(=O)NC(Cc2ccc3ccccc3n2)C(=O)NC(C(=O)N/C(=C/C(Cl)=S(C)(N)=O)CC(=O)OC(C)(C)C)C(C)C)cc1. The van der Waals surface area contributed by atoms with Crippen LogP contribution in [0.4, 0.5) is 0 Å². The highest BCUT2D eigenvalue weighted by molar-refractivity contribution is 8.02. The molecule has 3 rings (SSSR count). The van der Waals surface area contributed by atoms with Crippen LogP contribution in [0.25, 0.3) is 10.9 Å². The van der Waals surface area contributed by atoms with Crippen molar-refractivity contribution in [2.24, 2.45) is 11.1 Å². The molecule has 49 heavy (non-hydrogen) atoms. The van der Waals surface area contributed by atoms with Crippen LogP contribution in [0.2, 0.25) is 0 Å². The molecule has 0 aliphatic heterocycles. The number of carbonyl (C=O) groups excluding carboxylic acids is 3. The number of halogens is 1. The van der Waals surface area contributed by atoms with Crippen LogP contribution in [-0.2, 0) is 45.3 Å². The molecule has 15 heteroatoms. The Labute approximate surface area is 293 Å². The van der Waals surface area contributed by atoms with E-state index in [1.54, 1.807) is 58.9 Å². The van der Waals surface area contributed by atoms with Gasteiger partial charge in [-0.2, -0.15) is 4.72 Å². The maximum absolute atomic E-state index is 13.9. The number of ether oxygens (including phenoxy) is 1. The molecule has 3 unspecified atom stereocenters. The number of benzene rings is 2. The maximum atomic E-state index is 13.9. The van der Waals surface area contributed by atoms with Crippen LogP contribution in [0.1, 0.15) is 52.3 Å². The standard InChI is InChI=1S/C34H44ClN5O7S2/c1-21(2)31(33(43)38-25(19-29(35)48(7,36)44)20-30(41)47-34(4,5)6)39-32(42)28(40-49(45,46)26-16-12-22(3)13-17-26)18-24-15-14-23-10-8-9-11-27(23)37-24/h8-17,19,21,28,31,40H,18,20H2,1-7H3,(H2,36,44)(H,38,43)(H,39,42)/b25-19+. The first-order valence-corrected chi connectivity index (χ1v) is 19.3. The van der Waals surface area contributed by atoms with E-state index < -0.39 is 67.5 Å². The van der Waals surface area contributed by atoms with Crippen molar-refractivity contribution in [1.29, 1.82) is 0 Å². The summed E-state index contributed by atoms with van der Waals surface area (Å²) >= 11 is 6.15. The molecule has 0 spiro atoms. The molecule has 0 aliphatic rings. The summed E-state index contributed by atoms with van der Waals surface area (Å²) in [5, 5.41) is 11.8. The smallest absolute Gasteiger partial charge is 0.312 e. The number of para-hydroxylation sites is 1. The van der Waals surface area contributed by atoms with Crippen LogP contribution < -0.4 is 20.5 Å². The molecule has 0 fully saturated rings. The minimum atomic E-state index is -4.19. The number of esters is 1. The van der Waals surface area contributed by atoms with Gasteiger partial charge in [-0.15, -0.1) is 0 Å². The fourth-order valence-electron chi connectivity index (χ4n) is 4.53. The van der Waals surface area contributed by atoms with E-state index in [4.69, 9.17) is 21.5 Å². The Hall–Kier alpha value is -3.82. The van der Waals surface area contributed by atoms with Gasteiger partial charge in [-0.25, -0.2) is 8.42 Å². The number of carbonyl (C=O) groups is 3. The molecule has 0 aliphatic carbocycles. The average molecular weight is 734 g/mol. The number of aryl methyl sites for hydroxylation is 1. The summed E-state index contributed by atoms with van der Waals surface area (Å²) in [5.41, 5.74) is 1.05. The molecule has 0 saturated heterocycles. The lowest BCUT2D eigenvalue weighted by molar-refractivity contribution is -0.154. The third kappa shape index (κ3) is 12.2. The molecule has 2 aromatic carbocycles. The molecule has 1 heterocycles.